The molecule has 2 rings (SSSR count). The van der Waals surface area contributed by atoms with Crippen molar-refractivity contribution in [3.8, 4) is 6.07 Å². The van der Waals surface area contributed by atoms with Crippen LogP contribution in [0.25, 0.3) is 0 Å². The van der Waals surface area contributed by atoms with E-state index in [1.54, 1.807) is 13.2 Å². The molecule has 0 radical (unpaired) electrons. The number of nitrogens with one attached hydrogen (secondary N) is 1. The van der Waals surface area contributed by atoms with Gasteiger partial charge in [-0.05, 0) is 13.2 Å². The molecule has 2 amide bonds. The average molecular weight is 357 g/mol. The number of β-lactam (4-membered cyclic amide) rings is 1. The molecule has 23 heavy (non-hydrogen) atoms. The van der Waals surface area contributed by atoms with E-state index in [9.17, 15) is 19.5 Å². The van der Waals surface area contributed by atoms with Crippen LogP contribution in [0, 0.1) is 11.3 Å². The van der Waals surface area contributed by atoms with Crippen molar-refractivity contribution in [2.75, 3.05) is 18.6 Å². The van der Waals surface area contributed by atoms with Crippen LogP contribution in [0.1, 0.15) is 6.92 Å². The van der Waals surface area contributed by atoms with Crippen molar-refractivity contribution < 1.29 is 24.2 Å². The molecule has 0 aromatic heterocycles. The Morgan fingerprint density at radius 3 is 2.87 bits per heavy atom. The molecule has 0 spiro atoms. The van der Waals surface area contributed by atoms with Gasteiger partial charge in [0.1, 0.15) is 17.2 Å². The van der Waals surface area contributed by atoms with Gasteiger partial charge < -0.3 is 15.2 Å². The molecule has 2 N–H and O–H groups in total. The zero-order valence-electron chi connectivity index (χ0n) is 12.4. The number of ether oxygens (including phenoxy) is 1. The quantitative estimate of drug-likeness (QED) is 0.636. The predicted octanol–water partition coefficient (Wildman–Crippen LogP) is -0.0258. The van der Waals surface area contributed by atoms with Gasteiger partial charge in [-0.25, -0.2) is 4.79 Å². The number of carbonyl (C=O) groups excluding carboxylic acids is 2. The SMILES string of the molecule is CCOC1=C(C(=O)O)N2C(=O)C(NC(=O)C(C#N)SC)[C@@H]2SC1. The summed E-state index contributed by atoms with van der Waals surface area (Å²) in [5, 5.41) is 19.3. The second-order valence-electron chi connectivity index (χ2n) is 4.65. The highest BCUT2D eigenvalue weighted by atomic mass is 32.2. The van der Waals surface area contributed by atoms with E-state index >= 15 is 0 Å². The zero-order chi connectivity index (χ0) is 17.1. The van der Waals surface area contributed by atoms with Crippen LogP contribution >= 0.6 is 23.5 Å². The summed E-state index contributed by atoms with van der Waals surface area (Å²) in [5.41, 5.74) is -0.173. The molecule has 0 aromatic carbocycles. The first-order valence-electron chi connectivity index (χ1n) is 6.72. The second-order valence-corrected chi connectivity index (χ2v) is 6.70. The average Bonchev–Trinajstić information content (AvgIpc) is 2.53. The van der Waals surface area contributed by atoms with Gasteiger partial charge in [0, 0.05) is 0 Å². The first-order valence-corrected chi connectivity index (χ1v) is 9.06. The monoisotopic (exact) mass is 357 g/mol. The van der Waals surface area contributed by atoms with Crippen LogP contribution < -0.4 is 5.32 Å². The fourth-order valence-corrected chi connectivity index (χ4v) is 3.99. The number of nitriles is 1. The number of thioether (sulfide) groups is 2. The lowest BCUT2D eigenvalue weighted by molar-refractivity contribution is -0.151. The van der Waals surface area contributed by atoms with Gasteiger partial charge in [0.2, 0.25) is 5.91 Å². The van der Waals surface area contributed by atoms with Crippen molar-refractivity contribution >= 4 is 41.3 Å². The van der Waals surface area contributed by atoms with Crippen molar-refractivity contribution in [3.05, 3.63) is 11.5 Å². The van der Waals surface area contributed by atoms with Gasteiger partial charge in [0.15, 0.2) is 10.9 Å². The van der Waals surface area contributed by atoms with E-state index in [2.05, 4.69) is 5.32 Å². The van der Waals surface area contributed by atoms with Gasteiger partial charge in [-0.1, -0.05) is 0 Å². The van der Waals surface area contributed by atoms with E-state index in [4.69, 9.17) is 10.00 Å². The molecule has 0 aliphatic carbocycles. The van der Waals surface area contributed by atoms with E-state index in [0.29, 0.717) is 12.4 Å². The van der Waals surface area contributed by atoms with Crippen LogP contribution in [0.5, 0.6) is 0 Å². The molecule has 8 nitrogen and oxygen atoms in total. The van der Waals surface area contributed by atoms with Crippen molar-refractivity contribution in [1.29, 1.82) is 5.26 Å². The molecular weight excluding hydrogens is 342 g/mol. The molecule has 2 aliphatic rings. The van der Waals surface area contributed by atoms with Crippen molar-refractivity contribution in [1.82, 2.24) is 10.2 Å². The third-order valence-electron chi connectivity index (χ3n) is 3.34. The highest BCUT2D eigenvalue weighted by molar-refractivity contribution is 8.00. The van der Waals surface area contributed by atoms with Crippen LogP contribution in [0.15, 0.2) is 11.5 Å². The maximum Gasteiger partial charge on any atom is 0.356 e. The Morgan fingerprint density at radius 2 is 2.35 bits per heavy atom. The summed E-state index contributed by atoms with van der Waals surface area (Å²) >= 11 is 2.39. The number of aliphatic carboxylic acids is 1. The summed E-state index contributed by atoms with van der Waals surface area (Å²) < 4.78 is 5.30. The fraction of sp³-hybridized carbons (Fsp3) is 0.538. The minimum absolute atomic E-state index is 0.173. The summed E-state index contributed by atoms with van der Waals surface area (Å²) in [5.74, 6) is -1.74. The first kappa shape index (κ1) is 17.5. The summed E-state index contributed by atoms with van der Waals surface area (Å²) in [6, 6.07) is 1.01. The molecule has 10 heteroatoms. The third-order valence-corrected chi connectivity index (χ3v) is 5.39. The van der Waals surface area contributed by atoms with Gasteiger partial charge in [-0.3, -0.25) is 14.5 Å². The number of carboxylic acid groups (broad SMARTS) is 1. The number of carboxylic acids is 1. The second kappa shape index (κ2) is 7.14. The maximum absolute atomic E-state index is 12.3. The Bertz CT molecular complexity index is 615. The molecule has 0 aromatic rings. The molecule has 1 fully saturated rings. The first-order chi connectivity index (χ1) is 11.0. The Labute approximate surface area is 141 Å². The Hall–Kier alpha value is -1.86. The van der Waals surface area contributed by atoms with Crippen LogP contribution in [-0.4, -0.2) is 63.1 Å². The molecule has 2 unspecified atom stereocenters. The number of fused-ring (bicyclic) bond motifs is 1. The lowest BCUT2D eigenvalue weighted by Gasteiger charge is -2.49. The molecule has 124 valence electrons. The molecule has 2 aliphatic heterocycles. The lowest BCUT2D eigenvalue weighted by atomic mass is 10.0. The van der Waals surface area contributed by atoms with Gasteiger partial charge in [-0.15, -0.1) is 23.5 Å². The summed E-state index contributed by atoms with van der Waals surface area (Å²) in [6.07, 6.45) is 1.62. The summed E-state index contributed by atoms with van der Waals surface area (Å²) in [4.78, 5) is 36.7. The minimum atomic E-state index is -1.24. The van der Waals surface area contributed by atoms with Gasteiger partial charge in [0.25, 0.3) is 5.91 Å². The third kappa shape index (κ3) is 3.11. The smallest absolute Gasteiger partial charge is 0.356 e. The maximum atomic E-state index is 12.3. The molecule has 3 atom stereocenters. The number of rotatable bonds is 6. The van der Waals surface area contributed by atoms with Crippen LogP contribution in [-0.2, 0) is 19.1 Å². The fourth-order valence-electron chi connectivity index (χ4n) is 2.32. The minimum Gasteiger partial charge on any atom is -0.495 e. The molecule has 1 saturated heterocycles. The highest BCUT2D eigenvalue weighted by Gasteiger charge is 2.55. The lowest BCUT2D eigenvalue weighted by Crippen LogP contribution is -2.71. The van der Waals surface area contributed by atoms with Crippen molar-refractivity contribution in [2.24, 2.45) is 0 Å². The van der Waals surface area contributed by atoms with E-state index in [1.807, 2.05) is 6.07 Å². The van der Waals surface area contributed by atoms with Crippen LogP contribution in [0.2, 0.25) is 0 Å². The number of carbonyl (C=O) groups is 3. The van der Waals surface area contributed by atoms with Gasteiger partial charge in [-0.2, -0.15) is 5.26 Å². The van der Waals surface area contributed by atoms with E-state index in [-0.39, 0.29) is 11.5 Å². The van der Waals surface area contributed by atoms with Crippen molar-refractivity contribution in [2.45, 2.75) is 23.6 Å². The summed E-state index contributed by atoms with van der Waals surface area (Å²) in [6.45, 7) is 2.03. The predicted molar refractivity (Wildman–Crippen MR) is 84.2 cm³/mol. The highest BCUT2D eigenvalue weighted by Crippen LogP contribution is 2.40. The molecule has 2 heterocycles. The molecular formula is C13H15N3O5S2. The molecule has 0 saturated carbocycles. The van der Waals surface area contributed by atoms with Crippen molar-refractivity contribution in [3.63, 3.8) is 0 Å². The standard InChI is InChI=1S/C13H15N3O5S2/c1-3-21-6-5-23-12-8(15-10(17)7(4-14)22-2)11(18)16(12)9(6)13(19)20/h7-8,12H,3,5H2,1-2H3,(H,15,17)(H,19,20)/t7?,8?,12-/m0/s1. The van der Waals surface area contributed by atoms with E-state index in [0.717, 1.165) is 16.7 Å². The Morgan fingerprint density at radius 1 is 1.65 bits per heavy atom. The number of nitrogens with zero attached hydrogens (tertiary/aromatic N) is 2. The number of amides is 2. The largest absolute Gasteiger partial charge is 0.495 e. The van der Waals surface area contributed by atoms with Gasteiger partial charge in [0.05, 0.1) is 18.4 Å². The summed E-state index contributed by atoms with van der Waals surface area (Å²) in [7, 11) is 0. The molecule has 0 bridgehead atoms. The van der Waals surface area contributed by atoms with Crippen LogP contribution in [0.4, 0.5) is 0 Å². The Kier molecular flexibility index (Phi) is 5.43. The zero-order valence-corrected chi connectivity index (χ0v) is 14.1. The normalized spacial score (nSPS) is 24.2. The van der Waals surface area contributed by atoms with E-state index in [1.165, 1.54) is 11.8 Å². The topological polar surface area (TPSA) is 120 Å². The number of hydrogen-bond acceptors (Lipinski definition) is 7. The van der Waals surface area contributed by atoms with Gasteiger partial charge >= 0.3 is 5.97 Å². The van der Waals surface area contributed by atoms with Crippen LogP contribution in [0.3, 0.4) is 0 Å². The van der Waals surface area contributed by atoms with E-state index < -0.39 is 34.4 Å². The Balaban J connectivity index is 2.16. The number of hydrogen-bond donors (Lipinski definition) is 2.